The van der Waals surface area contributed by atoms with Crippen LogP contribution < -0.4 is 5.32 Å². The Kier molecular flexibility index (Phi) is 3.71. The van der Waals surface area contributed by atoms with E-state index in [1.54, 1.807) is 0 Å². The maximum absolute atomic E-state index is 3.59. The van der Waals surface area contributed by atoms with Crippen LogP contribution in [0.25, 0.3) is 0 Å². The Balaban J connectivity index is 2.05. The van der Waals surface area contributed by atoms with Crippen molar-refractivity contribution < 1.29 is 0 Å². The number of aryl methyl sites for hydroxylation is 2. The predicted octanol–water partition coefficient (Wildman–Crippen LogP) is 2.55. The summed E-state index contributed by atoms with van der Waals surface area (Å²) < 4.78 is 0. The SMILES string of the molecule is Cc1ccc(C)c(CC2CSCCN2)c1. The molecule has 1 unspecified atom stereocenters. The van der Waals surface area contributed by atoms with Crippen molar-refractivity contribution in [2.45, 2.75) is 26.3 Å². The van der Waals surface area contributed by atoms with Gasteiger partial charge in [0, 0.05) is 24.1 Å². The fourth-order valence-corrected chi connectivity index (χ4v) is 2.99. The highest BCUT2D eigenvalue weighted by Crippen LogP contribution is 2.16. The number of nitrogens with one attached hydrogen (secondary N) is 1. The number of hydrogen-bond acceptors (Lipinski definition) is 2. The van der Waals surface area contributed by atoms with Crippen molar-refractivity contribution in [2.75, 3.05) is 18.1 Å². The van der Waals surface area contributed by atoms with Gasteiger partial charge < -0.3 is 5.32 Å². The van der Waals surface area contributed by atoms with Crippen LogP contribution in [0.3, 0.4) is 0 Å². The lowest BCUT2D eigenvalue weighted by Gasteiger charge is -2.24. The van der Waals surface area contributed by atoms with Crippen molar-refractivity contribution in [1.29, 1.82) is 0 Å². The average molecular weight is 221 g/mol. The van der Waals surface area contributed by atoms with Gasteiger partial charge in [-0.25, -0.2) is 0 Å². The van der Waals surface area contributed by atoms with Crippen molar-refractivity contribution in [3.8, 4) is 0 Å². The van der Waals surface area contributed by atoms with Crippen molar-refractivity contribution in [3.05, 3.63) is 34.9 Å². The molecule has 0 radical (unpaired) electrons. The standard InChI is InChI=1S/C13H19NS/c1-10-3-4-11(2)12(7-10)8-13-9-15-6-5-14-13/h3-4,7,13-14H,5-6,8-9H2,1-2H3. The third-order valence-electron chi connectivity index (χ3n) is 2.97. The Hall–Kier alpha value is -0.470. The van der Waals surface area contributed by atoms with E-state index in [1.165, 1.54) is 41.2 Å². The maximum Gasteiger partial charge on any atom is 0.0199 e. The highest BCUT2D eigenvalue weighted by molar-refractivity contribution is 7.99. The first-order valence-corrected chi connectivity index (χ1v) is 6.78. The van der Waals surface area contributed by atoms with Gasteiger partial charge in [0.05, 0.1) is 0 Å². The summed E-state index contributed by atoms with van der Waals surface area (Å²) >= 11 is 2.07. The van der Waals surface area contributed by atoms with E-state index in [9.17, 15) is 0 Å². The molecule has 0 bridgehead atoms. The van der Waals surface area contributed by atoms with Crippen LogP contribution in [0.15, 0.2) is 18.2 Å². The molecule has 1 fully saturated rings. The van der Waals surface area contributed by atoms with Gasteiger partial charge in [0.2, 0.25) is 0 Å². The Morgan fingerprint density at radius 1 is 1.40 bits per heavy atom. The molecule has 1 heterocycles. The van der Waals surface area contributed by atoms with Crippen LogP contribution >= 0.6 is 11.8 Å². The van der Waals surface area contributed by atoms with E-state index < -0.39 is 0 Å². The third kappa shape index (κ3) is 2.99. The van der Waals surface area contributed by atoms with Gasteiger partial charge in [0.1, 0.15) is 0 Å². The van der Waals surface area contributed by atoms with E-state index >= 15 is 0 Å². The Labute approximate surface area is 96.7 Å². The zero-order valence-corrected chi connectivity index (χ0v) is 10.4. The summed E-state index contributed by atoms with van der Waals surface area (Å²) in [5, 5.41) is 3.59. The Bertz CT molecular complexity index is 329. The Morgan fingerprint density at radius 2 is 2.27 bits per heavy atom. The predicted molar refractivity (Wildman–Crippen MR) is 68.7 cm³/mol. The minimum Gasteiger partial charge on any atom is -0.312 e. The average Bonchev–Trinajstić information content (AvgIpc) is 2.25. The van der Waals surface area contributed by atoms with E-state index in [2.05, 4.69) is 49.1 Å². The minimum atomic E-state index is 0.671. The van der Waals surface area contributed by atoms with Crippen molar-refractivity contribution in [2.24, 2.45) is 0 Å². The fourth-order valence-electron chi connectivity index (χ4n) is 2.04. The third-order valence-corrected chi connectivity index (χ3v) is 4.10. The summed E-state index contributed by atoms with van der Waals surface area (Å²) in [5.74, 6) is 2.52. The topological polar surface area (TPSA) is 12.0 Å². The Morgan fingerprint density at radius 3 is 3.00 bits per heavy atom. The summed E-state index contributed by atoms with van der Waals surface area (Å²) in [7, 11) is 0. The highest BCUT2D eigenvalue weighted by Gasteiger charge is 2.14. The molecular weight excluding hydrogens is 202 g/mol. The second-order valence-corrected chi connectivity index (χ2v) is 5.51. The van der Waals surface area contributed by atoms with Crippen LogP contribution in [-0.4, -0.2) is 24.1 Å². The molecular formula is C13H19NS. The van der Waals surface area contributed by atoms with Gasteiger partial charge >= 0.3 is 0 Å². The lowest BCUT2D eigenvalue weighted by Crippen LogP contribution is -2.39. The number of benzene rings is 1. The van der Waals surface area contributed by atoms with Gasteiger partial charge in [-0.1, -0.05) is 23.8 Å². The first-order chi connectivity index (χ1) is 7.25. The quantitative estimate of drug-likeness (QED) is 0.823. The lowest BCUT2D eigenvalue weighted by atomic mass is 9.99. The zero-order chi connectivity index (χ0) is 10.7. The molecule has 1 N–H and O–H groups in total. The van der Waals surface area contributed by atoms with E-state index in [0.717, 1.165) is 0 Å². The van der Waals surface area contributed by atoms with Gasteiger partial charge in [-0.05, 0) is 31.4 Å². The van der Waals surface area contributed by atoms with Crippen LogP contribution in [0.4, 0.5) is 0 Å². The normalized spacial score (nSPS) is 21.6. The van der Waals surface area contributed by atoms with Crippen molar-refractivity contribution in [3.63, 3.8) is 0 Å². The highest BCUT2D eigenvalue weighted by atomic mass is 32.2. The smallest absolute Gasteiger partial charge is 0.0199 e. The van der Waals surface area contributed by atoms with Gasteiger partial charge in [-0.2, -0.15) is 11.8 Å². The van der Waals surface area contributed by atoms with Crippen molar-refractivity contribution >= 4 is 11.8 Å². The van der Waals surface area contributed by atoms with E-state index in [1.807, 2.05) is 0 Å². The van der Waals surface area contributed by atoms with Crippen LogP contribution in [0.2, 0.25) is 0 Å². The summed E-state index contributed by atoms with van der Waals surface area (Å²) in [6.45, 7) is 5.55. The van der Waals surface area contributed by atoms with Crippen molar-refractivity contribution in [1.82, 2.24) is 5.32 Å². The molecule has 0 spiro atoms. The summed E-state index contributed by atoms with van der Waals surface area (Å²) in [6.07, 6.45) is 1.18. The molecule has 1 aromatic carbocycles. The molecule has 82 valence electrons. The largest absolute Gasteiger partial charge is 0.312 e. The van der Waals surface area contributed by atoms with Crippen LogP contribution in [-0.2, 0) is 6.42 Å². The van der Waals surface area contributed by atoms with Gasteiger partial charge in [-0.3, -0.25) is 0 Å². The maximum atomic E-state index is 3.59. The zero-order valence-electron chi connectivity index (χ0n) is 9.55. The van der Waals surface area contributed by atoms with Crippen LogP contribution in [0.5, 0.6) is 0 Å². The molecule has 1 saturated heterocycles. The van der Waals surface area contributed by atoms with E-state index in [-0.39, 0.29) is 0 Å². The molecule has 2 rings (SSSR count). The molecule has 15 heavy (non-hydrogen) atoms. The molecule has 0 aliphatic carbocycles. The molecule has 1 aromatic rings. The second kappa shape index (κ2) is 5.04. The van der Waals surface area contributed by atoms with Gasteiger partial charge in [0.15, 0.2) is 0 Å². The number of thioether (sulfide) groups is 1. The molecule has 1 aliphatic heterocycles. The number of hydrogen-bond donors (Lipinski definition) is 1. The molecule has 1 atom stereocenters. The van der Waals surface area contributed by atoms with Crippen LogP contribution in [0.1, 0.15) is 16.7 Å². The number of rotatable bonds is 2. The lowest BCUT2D eigenvalue weighted by molar-refractivity contribution is 0.562. The fraction of sp³-hybridized carbons (Fsp3) is 0.538. The summed E-state index contributed by atoms with van der Waals surface area (Å²) in [4.78, 5) is 0. The molecule has 0 amide bonds. The summed E-state index contributed by atoms with van der Waals surface area (Å²) in [5.41, 5.74) is 4.31. The molecule has 1 aliphatic rings. The summed E-state index contributed by atoms with van der Waals surface area (Å²) in [6, 6.07) is 7.43. The minimum absolute atomic E-state index is 0.671. The van der Waals surface area contributed by atoms with Gasteiger partial charge in [-0.15, -0.1) is 0 Å². The molecule has 2 heteroatoms. The van der Waals surface area contributed by atoms with E-state index in [0.29, 0.717) is 6.04 Å². The molecule has 1 nitrogen and oxygen atoms in total. The second-order valence-electron chi connectivity index (χ2n) is 4.36. The van der Waals surface area contributed by atoms with E-state index in [4.69, 9.17) is 0 Å². The monoisotopic (exact) mass is 221 g/mol. The van der Waals surface area contributed by atoms with Crippen LogP contribution in [0, 0.1) is 13.8 Å². The molecule has 0 aromatic heterocycles. The molecule has 0 saturated carbocycles. The van der Waals surface area contributed by atoms with Gasteiger partial charge in [0.25, 0.3) is 0 Å². The first-order valence-electron chi connectivity index (χ1n) is 5.63. The first kappa shape index (κ1) is 11.0.